The van der Waals surface area contributed by atoms with E-state index < -0.39 is 17.2 Å². The van der Waals surface area contributed by atoms with Gasteiger partial charge in [-0.3, -0.25) is 4.79 Å². The molecule has 134 valence electrons. The summed E-state index contributed by atoms with van der Waals surface area (Å²) in [5.74, 6) is -1.82. The number of carbonyl (C=O) groups is 1. The molecule has 1 heterocycles. The Balaban J connectivity index is 2.25. The molecule has 7 heteroatoms. The third-order valence-electron chi connectivity index (χ3n) is 4.50. The molecule has 25 heavy (non-hydrogen) atoms. The summed E-state index contributed by atoms with van der Waals surface area (Å²) in [6.07, 6.45) is 4.07. The molecule has 1 aromatic heterocycles. The fourth-order valence-electron chi connectivity index (χ4n) is 3.19. The van der Waals surface area contributed by atoms with Crippen LogP contribution in [0.2, 0.25) is 0 Å². The van der Waals surface area contributed by atoms with Crippen LogP contribution in [-0.4, -0.2) is 35.3 Å². The average Bonchev–Trinajstić information content (AvgIpc) is 3.39. The lowest BCUT2D eigenvalue weighted by molar-refractivity contribution is 0.0695. The van der Waals surface area contributed by atoms with Crippen LogP contribution in [0, 0.1) is 5.82 Å². The van der Waals surface area contributed by atoms with Gasteiger partial charge in [-0.15, -0.1) is 0 Å². The van der Waals surface area contributed by atoms with E-state index in [1.807, 2.05) is 11.8 Å². The number of aromatic nitrogens is 1. The van der Waals surface area contributed by atoms with Crippen LogP contribution in [0.15, 0.2) is 23.1 Å². The number of carboxylic acid groups (broad SMARTS) is 1. The number of hydrogen-bond acceptors (Lipinski definition) is 4. The first kappa shape index (κ1) is 17.4. The molecule has 0 saturated heterocycles. The Labute approximate surface area is 144 Å². The van der Waals surface area contributed by atoms with Gasteiger partial charge in [-0.1, -0.05) is 6.92 Å². The molecular weight excluding hydrogens is 325 g/mol. The predicted octanol–water partition coefficient (Wildman–Crippen LogP) is 2.35. The summed E-state index contributed by atoms with van der Waals surface area (Å²) in [6, 6.07) is 2.98. The molecule has 3 rings (SSSR count). The first-order chi connectivity index (χ1) is 12.0. The molecular formula is C18H22FN3O3. The Morgan fingerprint density at radius 1 is 1.40 bits per heavy atom. The van der Waals surface area contributed by atoms with Crippen LogP contribution < -0.4 is 16.1 Å². The van der Waals surface area contributed by atoms with Crippen LogP contribution >= 0.6 is 0 Å². The standard InChI is InChI=1S/C18H22FN3O3/c1-2-6-21(7-5-20)16-9-15-12(8-14(16)19)17(23)13(18(24)25)10-22(15)11-3-4-11/h8-11H,2-7,20H2,1H3,(H,24,25). The van der Waals surface area contributed by atoms with Crippen molar-refractivity contribution in [3.63, 3.8) is 0 Å². The number of hydrogen-bond donors (Lipinski definition) is 2. The van der Waals surface area contributed by atoms with Crippen LogP contribution in [0.1, 0.15) is 42.6 Å². The summed E-state index contributed by atoms with van der Waals surface area (Å²) in [4.78, 5) is 25.7. The Morgan fingerprint density at radius 3 is 2.68 bits per heavy atom. The molecule has 1 aliphatic carbocycles. The zero-order valence-electron chi connectivity index (χ0n) is 14.2. The monoisotopic (exact) mass is 347 g/mol. The number of benzene rings is 1. The molecule has 3 N–H and O–H groups in total. The minimum Gasteiger partial charge on any atom is -0.477 e. The number of aromatic carboxylic acids is 1. The second-order valence-electron chi connectivity index (χ2n) is 6.41. The van der Waals surface area contributed by atoms with E-state index in [0.717, 1.165) is 25.3 Å². The molecule has 0 spiro atoms. The Hall–Kier alpha value is -2.41. The minimum absolute atomic E-state index is 0.109. The zero-order valence-corrected chi connectivity index (χ0v) is 14.2. The summed E-state index contributed by atoms with van der Waals surface area (Å²) in [5.41, 5.74) is 5.65. The van der Waals surface area contributed by atoms with E-state index in [9.17, 15) is 19.1 Å². The molecule has 0 aliphatic heterocycles. The van der Waals surface area contributed by atoms with E-state index in [4.69, 9.17) is 5.73 Å². The third kappa shape index (κ3) is 3.24. The van der Waals surface area contributed by atoms with Gasteiger partial charge in [0.1, 0.15) is 11.4 Å². The first-order valence-corrected chi connectivity index (χ1v) is 8.54. The van der Waals surface area contributed by atoms with E-state index in [0.29, 0.717) is 30.8 Å². The van der Waals surface area contributed by atoms with Gasteiger partial charge in [0.25, 0.3) is 0 Å². The van der Waals surface area contributed by atoms with Gasteiger partial charge < -0.3 is 20.3 Å². The van der Waals surface area contributed by atoms with Crippen molar-refractivity contribution < 1.29 is 14.3 Å². The van der Waals surface area contributed by atoms with Crippen LogP contribution in [0.3, 0.4) is 0 Å². The zero-order chi connectivity index (χ0) is 18.1. The number of nitrogens with zero attached hydrogens (tertiary/aromatic N) is 2. The maximum atomic E-state index is 14.7. The highest BCUT2D eigenvalue weighted by Gasteiger charge is 2.27. The van der Waals surface area contributed by atoms with Crippen molar-refractivity contribution in [1.29, 1.82) is 0 Å². The van der Waals surface area contributed by atoms with E-state index in [-0.39, 0.29) is 17.0 Å². The third-order valence-corrected chi connectivity index (χ3v) is 4.50. The fraction of sp³-hybridized carbons (Fsp3) is 0.444. The lowest BCUT2D eigenvalue weighted by Crippen LogP contribution is -2.31. The van der Waals surface area contributed by atoms with Crippen molar-refractivity contribution in [1.82, 2.24) is 4.57 Å². The van der Waals surface area contributed by atoms with Crippen molar-refractivity contribution in [2.75, 3.05) is 24.5 Å². The van der Waals surface area contributed by atoms with Gasteiger partial charge >= 0.3 is 5.97 Å². The van der Waals surface area contributed by atoms with Crippen LogP contribution in [0.4, 0.5) is 10.1 Å². The predicted molar refractivity (Wildman–Crippen MR) is 95.0 cm³/mol. The van der Waals surface area contributed by atoms with E-state index in [2.05, 4.69) is 0 Å². The van der Waals surface area contributed by atoms with Gasteiger partial charge in [0.2, 0.25) is 5.43 Å². The quantitative estimate of drug-likeness (QED) is 0.803. The number of pyridine rings is 1. The summed E-state index contributed by atoms with van der Waals surface area (Å²) in [7, 11) is 0. The van der Waals surface area contributed by atoms with Crippen molar-refractivity contribution >= 4 is 22.6 Å². The second-order valence-corrected chi connectivity index (χ2v) is 6.41. The molecule has 0 amide bonds. The smallest absolute Gasteiger partial charge is 0.341 e. The number of halogens is 1. The highest BCUT2D eigenvalue weighted by Crippen LogP contribution is 2.38. The topological polar surface area (TPSA) is 88.6 Å². The second kappa shape index (κ2) is 6.84. The molecule has 2 aromatic rings. The summed E-state index contributed by atoms with van der Waals surface area (Å²) >= 11 is 0. The highest BCUT2D eigenvalue weighted by molar-refractivity contribution is 5.93. The van der Waals surface area contributed by atoms with E-state index in [1.54, 1.807) is 10.6 Å². The highest BCUT2D eigenvalue weighted by atomic mass is 19.1. The normalized spacial score (nSPS) is 14.0. The van der Waals surface area contributed by atoms with Crippen LogP contribution in [-0.2, 0) is 0 Å². The van der Waals surface area contributed by atoms with Gasteiger partial charge in [-0.25, -0.2) is 9.18 Å². The molecule has 1 saturated carbocycles. The van der Waals surface area contributed by atoms with Crippen LogP contribution in [0.5, 0.6) is 0 Å². The largest absolute Gasteiger partial charge is 0.477 e. The first-order valence-electron chi connectivity index (χ1n) is 8.54. The number of carboxylic acids is 1. The van der Waals surface area contributed by atoms with Crippen molar-refractivity contribution in [3.8, 4) is 0 Å². The van der Waals surface area contributed by atoms with Crippen molar-refractivity contribution in [2.45, 2.75) is 32.2 Å². The lowest BCUT2D eigenvalue weighted by Gasteiger charge is -2.25. The maximum absolute atomic E-state index is 14.7. The Bertz CT molecular complexity index is 868. The molecule has 1 fully saturated rings. The number of rotatable bonds is 7. The van der Waals surface area contributed by atoms with E-state index in [1.165, 1.54) is 6.20 Å². The maximum Gasteiger partial charge on any atom is 0.341 e. The summed E-state index contributed by atoms with van der Waals surface area (Å²) in [5, 5.41) is 9.38. The number of anilines is 1. The molecule has 1 aromatic carbocycles. The number of nitrogens with two attached hydrogens (primary N) is 1. The molecule has 6 nitrogen and oxygen atoms in total. The molecule has 0 atom stereocenters. The van der Waals surface area contributed by atoms with Crippen molar-refractivity contribution in [3.05, 3.63) is 39.9 Å². The van der Waals surface area contributed by atoms with Gasteiger partial charge in [0, 0.05) is 37.3 Å². The van der Waals surface area contributed by atoms with Gasteiger partial charge in [-0.05, 0) is 31.4 Å². The number of fused-ring (bicyclic) bond motifs is 1. The molecule has 1 aliphatic rings. The average molecular weight is 347 g/mol. The molecule has 0 unspecified atom stereocenters. The van der Waals surface area contributed by atoms with Gasteiger partial charge in [0.05, 0.1) is 11.2 Å². The summed E-state index contributed by atoms with van der Waals surface area (Å²) < 4.78 is 16.5. The molecule has 0 bridgehead atoms. The molecule has 0 radical (unpaired) electrons. The van der Waals surface area contributed by atoms with Gasteiger partial charge in [-0.2, -0.15) is 0 Å². The minimum atomic E-state index is -1.29. The van der Waals surface area contributed by atoms with Gasteiger partial charge in [0.15, 0.2) is 0 Å². The Kier molecular flexibility index (Phi) is 4.76. The fourth-order valence-corrected chi connectivity index (χ4v) is 3.19. The van der Waals surface area contributed by atoms with Crippen LogP contribution in [0.25, 0.3) is 10.9 Å². The van der Waals surface area contributed by atoms with Crippen molar-refractivity contribution in [2.24, 2.45) is 5.73 Å². The Morgan fingerprint density at radius 2 is 2.12 bits per heavy atom. The SMILES string of the molecule is CCCN(CCN)c1cc2c(cc1F)c(=O)c(C(=O)O)cn2C1CC1. The lowest BCUT2D eigenvalue weighted by atomic mass is 10.1. The summed E-state index contributed by atoms with van der Waals surface area (Å²) in [6.45, 7) is 3.56. The van der Waals surface area contributed by atoms with E-state index >= 15 is 0 Å².